The van der Waals surface area contributed by atoms with Crippen LogP contribution in [-0.2, 0) is 13.0 Å². The molecule has 0 saturated heterocycles. The molecule has 4 rings (SSSR count). The number of ketones is 1. The number of Topliss-reactive ketones (excluding diaryl/α,β-unsaturated/α-hetero) is 1. The monoisotopic (exact) mass is 323 g/mol. The molecule has 0 atom stereocenters. The number of hydrogen-bond donors (Lipinski definition) is 3. The zero-order valence-electron chi connectivity index (χ0n) is 13.5. The van der Waals surface area contributed by atoms with Crippen molar-refractivity contribution in [1.82, 2.24) is 10.3 Å². The van der Waals surface area contributed by atoms with E-state index in [1.165, 1.54) is 18.4 Å². The lowest BCUT2D eigenvalue weighted by Crippen LogP contribution is -2.18. The number of carbonyl (C=O) groups is 2. The van der Waals surface area contributed by atoms with Crippen LogP contribution in [0.4, 0.5) is 5.69 Å². The number of anilines is 1. The zero-order chi connectivity index (χ0) is 16.5. The Bertz CT molecular complexity index is 772. The van der Waals surface area contributed by atoms with Gasteiger partial charge >= 0.3 is 0 Å². The first-order valence-electron chi connectivity index (χ1n) is 8.58. The van der Waals surface area contributed by atoms with Gasteiger partial charge in [0.25, 0.3) is 5.91 Å². The molecule has 0 bridgehead atoms. The predicted octanol–water partition coefficient (Wildman–Crippen LogP) is 3.04. The molecule has 3 N–H and O–H groups in total. The highest BCUT2D eigenvalue weighted by Crippen LogP contribution is 2.25. The number of aromatic amines is 1. The molecule has 124 valence electrons. The molecule has 2 aliphatic rings. The van der Waals surface area contributed by atoms with E-state index in [1.54, 1.807) is 6.20 Å². The van der Waals surface area contributed by atoms with Gasteiger partial charge in [-0.05, 0) is 43.4 Å². The van der Waals surface area contributed by atoms with E-state index in [1.807, 2.05) is 24.3 Å². The van der Waals surface area contributed by atoms with Crippen LogP contribution in [0.5, 0.6) is 0 Å². The van der Waals surface area contributed by atoms with E-state index >= 15 is 0 Å². The van der Waals surface area contributed by atoms with Crippen LogP contribution in [0.25, 0.3) is 0 Å². The predicted molar refractivity (Wildman–Crippen MR) is 92.3 cm³/mol. The first-order chi connectivity index (χ1) is 11.7. The Morgan fingerprint density at radius 1 is 1.17 bits per heavy atom. The highest BCUT2D eigenvalue weighted by molar-refractivity contribution is 6.13. The number of aromatic nitrogens is 1. The maximum atomic E-state index is 12.5. The Morgan fingerprint density at radius 3 is 2.71 bits per heavy atom. The number of fused-ring (bicyclic) bond motifs is 1. The van der Waals surface area contributed by atoms with E-state index in [4.69, 9.17) is 0 Å². The minimum Gasteiger partial charge on any atom is -0.364 e. The maximum Gasteiger partial charge on any atom is 0.257 e. The molecule has 2 aromatic rings. The van der Waals surface area contributed by atoms with E-state index in [0.29, 0.717) is 23.6 Å². The van der Waals surface area contributed by atoms with Crippen molar-refractivity contribution in [3.8, 4) is 0 Å². The van der Waals surface area contributed by atoms with Gasteiger partial charge in [-0.15, -0.1) is 0 Å². The number of aryl methyl sites for hydroxylation is 1. The molecule has 24 heavy (non-hydrogen) atoms. The summed E-state index contributed by atoms with van der Waals surface area (Å²) in [5.41, 5.74) is 3.86. The summed E-state index contributed by atoms with van der Waals surface area (Å²) in [6.07, 6.45) is 6.40. The fourth-order valence-corrected chi connectivity index (χ4v) is 3.17. The summed E-state index contributed by atoms with van der Waals surface area (Å²) < 4.78 is 0. The number of H-pyrrole nitrogens is 1. The molecule has 5 nitrogen and oxygen atoms in total. The average molecular weight is 323 g/mol. The summed E-state index contributed by atoms with van der Waals surface area (Å²) in [4.78, 5) is 27.7. The van der Waals surface area contributed by atoms with Crippen molar-refractivity contribution in [2.75, 3.05) is 5.32 Å². The molecule has 1 heterocycles. The van der Waals surface area contributed by atoms with Crippen molar-refractivity contribution in [2.24, 2.45) is 0 Å². The number of carbonyl (C=O) groups excluding carboxylic acids is 2. The summed E-state index contributed by atoms with van der Waals surface area (Å²) in [6, 6.07) is 8.53. The topological polar surface area (TPSA) is 74.0 Å². The smallest absolute Gasteiger partial charge is 0.257 e. The van der Waals surface area contributed by atoms with Crippen molar-refractivity contribution >= 4 is 17.4 Å². The second-order valence-corrected chi connectivity index (χ2v) is 6.64. The minimum atomic E-state index is -0.230. The molecule has 1 amide bonds. The molecule has 0 radical (unpaired) electrons. The van der Waals surface area contributed by atoms with Crippen LogP contribution < -0.4 is 10.6 Å². The Labute approximate surface area is 140 Å². The van der Waals surface area contributed by atoms with Gasteiger partial charge in [-0.1, -0.05) is 12.1 Å². The first kappa shape index (κ1) is 15.1. The third kappa shape index (κ3) is 3.12. The Balaban J connectivity index is 1.44. The Morgan fingerprint density at radius 2 is 1.96 bits per heavy atom. The van der Waals surface area contributed by atoms with Gasteiger partial charge in [0, 0.05) is 36.6 Å². The van der Waals surface area contributed by atoms with Gasteiger partial charge in [0.2, 0.25) is 0 Å². The highest BCUT2D eigenvalue weighted by Gasteiger charge is 2.25. The van der Waals surface area contributed by atoms with E-state index in [-0.39, 0.29) is 11.7 Å². The quantitative estimate of drug-likeness (QED) is 0.792. The van der Waals surface area contributed by atoms with Crippen LogP contribution in [0.1, 0.15) is 57.7 Å². The molecule has 1 aromatic heterocycles. The van der Waals surface area contributed by atoms with Gasteiger partial charge in [-0.3, -0.25) is 9.59 Å². The lowest BCUT2D eigenvalue weighted by Gasteiger charge is -2.12. The maximum absolute atomic E-state index is 12.5. The molecule has 5 heteroatoms. The van der Waals surface area contributed by atoms with Gasteiger partial charge < -0.3 is 15.6 Å². The van der Waals surface area contributed by atoms with Crippen LogP contribution in [-0.4, -0.2) is 22.7 Å². The van der Waals surface area contributed by atoms with E-state index in [0.717, 1.165) is 30.8 Å². The molecule has 0 aliphatic heterocycles. The average Bonchev–Trinajstić information content (AvgIpc) is 3.31. The largest absolute Gasteiger partial charge is 0.364 e. The number of nitrogens with one attached hydrogen (secondary N) is 3. The third-order valence-electron chi connectivity index (χ3n) is 4.70. The standard InChI is InChI=1S/C19H21N3O2/c23-17-3-1-2-16-18(17)15(11-21-16)19(24)22-14-6-4-12(5-7-14)10-20-13-8-9-13/h4-7,11,13,20-21H,1-3,8-10H2,(H,22,24). The van der Waals surface area contributed by atoms with Gasteiger partial charge in [-0.2, -0.15) is 0 Å². The number of amides is 1. The molecule has 1 aromatic carbocycles. The Kier molecular flexibility index (Phi) is 3.94. The van der Waals surface area contributed by atoms with Gasteiger partial charge in [0.1, 0.15) is 0 Å². The second-order valence-electron chi connectivity index (χ2n) is 6.64. The zero-order valence-corrected chi connectivity index (χ0v) is 13.5. The van der Waals surface area contributed by atoms with Crippen molar-refractivity contribution in [1.29, 1.82) is 0 Å². The van der Waals surface area contributed by atoms with E-state index in [2.05, 4.69) is 15.6 Å². The van der Waals surface area contributed by atoms with Crippen molar-refractivity contribution < 1.29 is 9.59 Å². The number of hydrogen-bond acceptors (Lipinski definition) is 3. The SMILES string of the molecule is O=C(Nc1ccc(CNC2CC2)cc1)c1c[nH]c2c1C(=O)CCC2. The van der Waals surface area contributed by atoms with Crippen LogP contribution in [0, 0.1) is 0 Å². The highest BCUT2D eigenvalue weighted by atomic mass is 16.2. The first-order valence-corrected chi connectivity index (χ1v) is 8.58. The summed E-state index contributed by atoms with van der Waals surface area (Å²) in [5.74, 6) is -0.171. The molecule has 2 aliphatic carbocycles. The molecular formula is C19H21N3O2. The van der Waals surface area contributed by atoms with Gasteiger partial charge in [-0.25, -0.2) is 0 Å². The molecule has 1 saturated carbocycles. The lowest BCUT2D eigenvalue weighted by atomic mass is 9.93. The Hall–Kier alpha value is -2.40. The molecule has 0 unspecified atom stereocenters. The van der Waals surface area contributed by atoms with Crippen LogP contribution in [0.2, 0.25) is 0 Å². The normalized spacial score (nSPS) is 16.8. The summed E-state index contributed by atoms with van der Waals surface area (Å²) in [5, 5.41) is 6.35. The van der Waals surface area contributed by atoms with Crippen molar-refractivity contribution in [2.45, 2.75) is 44.7 Å². The molecule has 0 spiro atoms. The minimum absolute atomic E-state index is 0.0594. The third-order valence-corrected chi connectivity index (χ3v) is 4.70. The lowest BCUT2D eigenvalue weighted by molar-refractivity contribution is 0.0956. The van der Waals surface area contributed by atoms with Gasteiger partial charge in [0.15, 0.2) is 5.78 Å². The van der Waals surface area contributed by atoms with Gasteiger partial charge in [0.05, 0.1) is 11.1 Å². The summed E-state index contributed by atoms with van der Waals surface area (Å²) >= 11 is 0. The number of rotatable bonds is 5. The number of benzene rings is 1. The van der Waals surface area contributed by atoms with Crippen LogP contribution >= 0.6 is 0 Å². The van der Waals surface area contributed by atoms with Crippen LogP contribution in [0.3, 0.4) is 0 Å². The second kappa shape index (κ2) is 6.24. The van der Waals surface area contributed by atoms with E-state index < -0.39 is 0 Å². The van der Waals surface area contributed by atoms with E-state index in [9.17, 15) is 9.59 Å². The summed E-state index contributed by atoms with van der Waals surface area (Å²) in [7, 11) is 0. The van der Waals surface area contributed by atoms with Crippen LogP contribution in [0.15, 0.2) is 30.5 Å². The molecule has 1 fully saturated rings. The molecular weight excluding hydrogens is 302 g/mol. The van der Waals surface area contributed by atoms with Crippen molar-refractivity contribution in [3.05, 3.63) is 52.8 Å². The van der Waals surface area contributed by atoms with Crippen molar-refractivity contribution in [3.63, 3.8) is 0 Å². The summed E-state index contributed by atoms with van der Waals surface area (Å²) in [6.45, 7) is 0.860. The fraction of sp³-hybridized carbons (Fsp3) is 0.368. The fourth-order valence-electron chi connectivity index (χ4n) is 3.17.